The van der Waals surface area contributed by atoms with Crippen LogP contribution in [0.2, 0.25) is 10.0 Å². The fourth-order valence-corrected chi connectivity index (χ4v) is 12.9. The molecular weight excluding hydrogens is 1110 g/mol. The van der Waals surface area contributed by atoms with E-state index in [1.165, 1.54) is 58.2 Å². The molecule has 8 aromatic rings. The molecule has 79 heavy (non-hydrogen) atoms. The van der Waals surface area contributed by atoms with E-state index in [0.717, 1.165) is 23.5 Å². The predicted molar refractivity (Wildman–Crippen MR) is 293 cm³/mol. The molecule has 2 fully saturated rings. The first-order valence-corrected chi connectivity index (χ1v) is 28.3. The van der Waals surface area contributed by atoms with Crippen LogP contribution in [0.15, 0.2) is 133 Å². The highest BCUT2D eigenvalue weighted by atomic mass is 35.5. The molecule has 0 unspecified atom stereocenters. The largest absolute Gasteiger partial charge is 0.488 e. The maximum atomic E-state index is 14.3. The van der Waals surface area contributed by atoms with Crippen LogP contribution in [0, 0.1) is 37.1 Å². The topological polar surface area (TPSA) is 167 Å². The summed E-state index contributed by atoms with van der Waals surface area (Å²) in [6.45, 7) is 3.75. The first kappa shape index (κ1) is 56.0. The Balaban J connectivity index is 0.000000192. The van der Waals surface area contributed by atoms with Gasteiger partial charge in [-0.25, -0.2) is 44.0 Å². The lowest BCUT2D eigenvalue weighted by atomic mass is 10.1. The van der Waals surface area contributed by atoms with Crippen molar-refractivity contribution < 1.29 is 63.3 Å². The van der Waals surface area contributed by atoms with Crippen molar-refractivity contribution in [3.05, 3.63) is 200 Å². The average Bonchev–Trinajstić information content (AvgIpc) is 4.39. The Bertz CT molecular complexity index is 3930. The number of nitrogens with zero attached hydrogens (tertiary/aromatic N) is 4. The van der Waals surface area contributed by atoms with E-state index in [9.17, 15) is 49.1 Å². The predicted octanol–water partition coefficient (Wildman–Crippen LogP) is 12.5. The first-order valence-electron chi connectivity index (χ1n) is 24.4. The molecule has 0 saturated carbocycles. The molecule has 410 valence electrons. The van der Waals surface area contributed by atoms with Crippen LogP contribution in [-0.4, -0.2) is 74.7 Å². The van der Waals surface area contributed by atoms with Crippen molar-refractivity contribution in [2.24, 2.45) is 0 Å². The number of sulfonamides is 2. The van der Waals surface area contributed by atoms with E-state index in [0.29, 0.717) is 80.5 Å². The molecule has 2 aliphatic heterocycles. The Morgan fingerprint density at radius 3 is 1.38 bits per heavy atom. The number of benzene rings is 6. The van der Waals surface area contributed by atoms with E-state index in [1.54, 1.807) is 65.2 Å². The van der Waals surface area contributed by atoms with Gasteiger partial charge in [-0.1, -0.05) is 47.5 Å². The minimum atomic E-state index is -3.56. The molecule has 0 atom stereocenters. The number of hydrogen-bond acceptors (Lipinski definition) is 9. The summed E-state index contributed by atoms with van der Waals surface area (Å²) in [5, 5.41) is 10.6. The molecule has 0 spiro atoms. The van der Waals surface area contributed by atoms with Gasteiger partial charge in [0, 0.05) is 68.2 Å². The number of aromatic nitrogens is 2. The zero-order chi connectivity index (χ0) is 56.5. The average molecular weight is 1160 g/mol. The summed E-state index contributed by atoms with van der Waals surface area (Å²) in [5.41, 5.74) is 5.49. The Hall–Kier alpha value is -7.78. The number of anilines is 2. The molecule has 0 radical (unpaired) electrons. The number of carbonyl (C=O) groups is 2. The zero-order valence-corrected chi connectivity index (χ0v) is 45.5. The summed E-state index contributed by atoms with van der Waals surface area (Å²) >= 11 is 12.7. The maximum Gasteiger partial charge on any atom is 0.337 e. The van der Waals surface area contributed by atoms with Gasteiger partial charge in [0.25, 0.3) is 0 Å². The van der Waals surface area contributed by atoms with Crippen LogP contribution < -0.4 is 18.1 Å². The molecule has 2 aromatic heterocycles. The monoisotopic (exact) mass is 1160 g/mol. The highest BCUT2D eigenvalue weighted by Gasteiger charge is 2.32. The molecule has 2 aliphatic rings. The van der Waals surface area contributed by atoms with E-state index in [1.807, 2.05) is 36.6 Å². The van der Waals surface area contributed by atoms with Crippen LogP contribution in [0.25, 0.3) is 33.9 Å². The third-order valence-corrected chi connectivity index (χ3v) is 17.4. The van der Waals surface area contributed by atoms with Crippen LogP contribution in [0.5, 0.6) is 11.5 Å². The fourth-order valence-electron chi connectivity index (χ4n) is 9.43. The van der Waals surface area contributed by atoms with Crippen molar-refractivity contribution in [3.8, 4) is 45.4 Å². The molecule has 22 heteroatoms. The first-order chi connectivity index (χ1) is 37.6. The molecular formula is C57H48Cl2F4N4O10S2. The normalized spacial score (nSPS) is 14.4. The number of aryl methyl sites for hydroxylation is 2. The van der Waals surface area contributed by atoms with Crippen LogP contribution in [0.3, 0.4) is 0 Å². The van der Waals surface area contributed by atoms with Gasteiger partial charge < -0.3 is 28.5 Å². The van der Waals surface area contributed by atoms with Crippen molar-refractivity contribution in [2.75, 3.05) is 40.3 Å². The Kier molecular flexibility index (Phi) is 16.2. The van der Waals surface area contributed by atoms with Crippen molar-refractivity contribution in [3.63, 3.8) is 0 Å². The Labute approximate surface area is 462 Å². The molecule has 1 N–H and O–H groups in total. The lowest BCUT2D eigenvalue weighted by molar-refractivity contribution is 0.0599. The fraction of sp³-hybridized carbons (Fsp3) is 0.193. The summed E-state index contributed by atoms with van der Waals surface area (Å²) in [7, 11) is -5.83. The molecule has 0 amide bonds. The number of aromatic carboxylic acids is 1. The van der Waals surface area contributed by atoms with Crippen molar-refractivity contribution in [2.45, 2.75) is 39.9 Å². The third kappa shape index (κ3) is 11.8. The van der Waals surface area contributed by atoms with Gasteiger partial charge >= 0.3 is 11.9 Å². The summed E-state index contributed by atoms with van der Waals surface area (Å²) in [4.78, 5) is 24.6. The van der Waals surface area contributed by atoms with Crippen molar-refractivity contribution in [1.29, 1.82) is 0 Å². The summed E-state index contributed by atoms with van der Waals surface area (Å²) in [5.74, 6) is -5.05. The van der Waals surface area contributed by atoms with Gasteiger partial charge in [-0.15, -0.1) is 0 Å². The van der Waals surface area contributed by atoms with Gasteiger partial charge in [-0.05, 0) is 136 Å². The van der Waals surface area contributed by atoms with E-state index < -0.39 is 55.3 Å². The molecule has 14 nitrogen and oxygen atoms in total. The number of methoxy groups -OCH3 is 1. The number of carboxylic acid groups (broad SMARTS) is 1. The molecule has 0 bridgehead atoms. The van der Waals surface area contributed by atoms with E-state index in [2.05, 4.69) is 0 Å². The van der Waals surface area contributed by atoms with E-state index >= 15 is 0 Å². The van der Waals surface area contributed by atoms with Gasteiger partial charge in [0.05, 0.1) is 52.5 Å². The second-order valence-electron chi connectivity index (χ2n) is 18.4. The van der Waals surface area contributed by atoms with Gasteiger partial charge in [0.1, 0.15) is 24.7 Å². The SMILES string of the molecule is COC(=O)c1cc(N2CCCS2(=O)=O)cc(-n2c(C)ccc2-c2cc(Cl)ccc2OCc2cccc(F)c2F)c1.Cc1ccc(-c2cc(Cl)ccc2OCc2cccc(F)c2F)n1-c1cc(C(=O)O)cc(N2CCCS2(=O)=O)c1. The molecule has 2 saturated heterocycles. The number of carbonyl (C=O) groups excluding carboxylic acids is 1. The highest BCUT2D eigenvalue weighted by Crippen LogP contribution is 2.40. The highest BCUT2D eigenvalue weighted by molar-refractivity contribution is 7.93. The number of carboxylic acids is 1. The van der Waals surface area contributed by atoms with Gasteiger partial charge in [-0.3, -0.25) is 8.61 Å². The van der Waals surface area contributed by atoms with Gasteiger partial charge in [0.15, 0.2) is 23.3 Å². The Morgan fingerprint density at radius 2 is 0.975 bits per heavy atom. The zero-order valence-electron chi connectivity index (χ0n) is 42.4. The van der Waals surface area contributed by atoms with Crippen molar-refractivity contribution in [1.82, 2.24) is 9.13 Å². The lowest BCUT2D eigenvalue weighted by Gasteiger charge is -2.21. The smallest absolute Gasteiger partial charge is 0.337 e. The standard InChI is InChI=1S/C29H25ClF2N2O5S.C28H23ClF2N2O5S/c1-18-7-9-26(24-15-21(30)8-10-27(24)39-17-19-5-3-6-25(31)28(19)32)34(18)23-14-20(29(35)38-2)13-22(16-23)33-11-4-12-40(33,36)37;1-17-6-8-25(23-14-20(29)7-9-26(23)38-16-18-4-2-5-24(30)27(18)31)33(17)22-13-19(28(34)35)12-21(15-22)32-10-3-11-39(32,36)37/h3,5-10,13-16H,4,11-12,17H2,1-2H3;2,4-9,12-15H,3,10-11,16H2,1H3,(H,34,35). The van der Waals surface area contributed by atoms with Gasteiger partial charge in [0.2, 0.25) is 20.0 Å². The summed E-state index contributed by atoms with van der Waals surface area (Å²) in [6.07, 6.45) is 0.918. The maximum absolute atomic E-state index is 14.3. The van der Waals surface area contributed by atoms with Crippen LogP contribution in [0.1, 0.15) is 56.1 Å². The number of ether oxygens (including phenoxy) is 3. The number of hydrogen-bond donors (Lipinski definition) is 1. The molecule has 4 heterocycles. The number of esters is 1. The number of halogens is 6. The minimum Gasteiger partial charge on any atom is -0.488 e. The van der Waals surface area contributed by atoms with Crippen molar-refractivity contribution >= 4 is 66.6 Å². The van der Waals surface area contributed by atoms with Crippen LogP contribution in [0.4, 0.5) is 28.9 Å². The Morgan fingerprint density at radius 1 is 0.557 bits per heavy atom. The van der Waals surface area contributed by atoms with Crippen LogP contribution >= 0.6 is 23.2 Å². The van der Waals surface area contributed by atoms with Gasteiger partial charge in [-0.2, -0.15) is 0 Å². The van der Waals surface area contributed by atoms with E-state index in [4.69, 9.17) is 37.4 Å². The second-order valence-corrected chi connectivity index (χ2v) is 23.3. The number of rotatable bonds is 14. The minimum absolute atomic E-state index is 0.0114. The third-order valence-electron chi connectivity index (χ3n) is 13.2. The van der Waals surface area contributed by atoms with Crippen LogP contribution in [-0.2, 0) is 38.0 Å². The quantitative estimate of drug-likeness (QED) is 0.0818. The van der Waals surface area contributed by atoms with E-state index in [-0.39, 0.29) is 59.2 Å². The molecule has 6 aromatic carbocycles. The summed E-state index contributed by atoms with van der Waals surface area (Å²) in [6, 6.07) is 34.0. The molecule has 10 rings (SSSR count). The summed E-state index contributed by atoms with van der Waals surface area (Å²) < 4.78 is 129. The molecule has 0 aliphatic carbocycles. The lowest BCUT2D eigenvalue weighted by Crippen LogP contribution is -2.25. The second kappa shape index (κ2) is 22.9.